The summed E-state index contributed by atoms with van der Waals surface area (Å²) in [6.07, 6.45) is 9.60. The van der Waals surface area contributed by atoms with Gasteiger partial charge in [0.2, 0.25) is 0 Å². The quantitative estimate of drug-likeness (QED) is 0.314. The molecular weight excluding hydrogens is 420 g/mol. The number of carbonyl (C=O) groups excluding carboxylic acids is 1. The Labute approximate surface area is 192 Å². The summed E-state index contributed by atoms with van der Waals surface area (Å²) in [6, 6.07) is 3.99. The van der Waals surface area contributed by atoms with Gasteiger partial charge in [0.05, 0.1) is 11.0 Å². The number of H-pyrrole nitrogens is 1. The molecule has 33 heavy (non-hydrogen) atoms. The summed E-state index contributed by atoms with van der Waals surface area (Å²) in [4.78, 5) is 47.1. The van der Waals surface area contributed by atoms with Gasteiger partial charge in [-0.05, 0) is 75.6 Å². The molecular formula is C25H32N4O4. The van der Waals surface area contributed by atoms with Crippen molar-refractivity contribution >= 4 is 17.0 Å². The molecule has 1 saturated carbocycles. The van der Waals surface area contributed by atoms with Gasteiger partial charge in [-0.1, -0.05) is 19.3 Å². The number of ether oxygens (including phenoxy) is 1. The number of fused-ring (bicyclic) bond motifs is 2. The van der Waals surface area contributed by atoms with E-state index in [0.29, 0.717) is 24.3 Å². The summed E-state index contributed by atoms with van der Waals surface area (Å²) in [7, 11) is 0. The van der Waals surface area contributed by atoms with Crippen molar-refractivity contribution in [3.05, 3.63) is 44.1 Å². The molecule has 8 heteroatoms. The molecule has 3 aliphatic rings. The maximum atomic E-state index is 12.4. The van der Waals surface area contributed by atoms with Gasteiger partial charge in [-0.25, -0.2) is 9.78 Å². The minimum absolute atomic E-state index is 0.0837. The molecule has 176 valence electrons. The Balaban J connectivity index is 1.40. The molecule has 0 saturated heterocycles. The largest absolute Gasteiger partial charge is 0.462 e. The first-order valence-corrected chi connectivity index (χ1v) is 12.0. The molecule has 1 fully saturated rings. The Bertz CT molecular complexity index is 1220. The van der Waals surface area contributed by atoms with Crippen molar-refractivity contribution in [2.45, 2.75) is 90.7 Å². The number of hydrogen-bond donors (Lipinski definition) is 1. The first-order valence-electron chi connectivity index (χ1n) is 12.0. The molecule has 4 rings (SSSR count). The number of aryl methyl sites for hydroxylation is 3. The second kappa shape index (κ2) is 10.3. The second-order valence-electron chi connectivity index (χ2n) is 9.15. The number of esters is 1. The van der Waals surface area contributed by atoms with Gasteiger partial charge in [0, 0.05) is 13.0 Å². The number of aromatic amines is 1. The molecule has 0 amide bonds. The van der Waals surface area contributed by atoms with Crippen molar-refractivity contribution in [2.75, 3.05) is 0 Å². The summed E-state index contributed by atoms with van der Waals surface area (Å²) < 4.78 is 7.52. The normalized spacial score (nSPS) is 14.7. The summed E-state index contributed by atoms with van der Waals surface area (Å²) in [5.41, 5.74) is 2.77. The van der Waals surface area contributed by atoms with Crippen LogP contribution < -0.4 is 11.2 Å². The van der Waals surface area contributed by atoms with E-state index >= 15 is 0 Å². The van der Waals surface area contributed by atoms with Crippen molar-refractivity contribution in [1.29, 1.82) is 0 Å². The number of nitrogens with zero attached hydrogens (tertiary/aromatic N) is 3. The lowest BCUT2D eigenvalue weighted by atomic mass is 9.98. The fourth-order valence-corrected chi connectivity index (χ4v) is 4.60. The molecule has 2 heterocycles. The lowest BCUT2D eigenvalue weighted by molar-refractivity contribution is -0.150. The Morgan fingerprint density at radius 2 is 1.76 bits per heavy atom. The number of unbranched alkanes of at least 4 members (excludes halogenated alkanes) is 3. The smallest absolute Gasteiger partial charge is 0.349 e. The molecule has 1 aromatic rings. The van der Waals surface area contributed by atoms with Crippen LogP contribution in [0.4, 0.5) is 0 Å². The molecule has 2 aliphatic heterocycles. The Morgan fingerprint density at radius 1 is 1.03 bits per heavy atom. The summed E-state index contributed by atoms with van der Waals surface area (Å²) in [5.74, 6) is 0.232. The van der Waals surface area contributed by atoms with Crippen LogP contribution in [-0.2, 0) is 16.1 Å². The topological polar surface area (TPSA) is 107 Å². The second-order valence-corrected chi connectivity index (χ2v) is 9.15. The van der Waals surface area contributed by atoms with Gasteiger partial charge in [0.15, 0.2) is 11.5 Å². The van der Waals surface area contributed by atoms with Crippen molar-refractivity contribution in [1.82, 2.24) is 19.5 Å². The molecule has 1 aliphatic carbocycles. The number of carbonyl (C=O) groups is 1. The number of hydrogen-bond acceptors (Lipinski definition) is 6. The Hall–Kier alpha value is -3.03. The number of rotatable bonds is 8. The number of aromatic nitrogens is 4. The molecule has 1 N–H and O–H groups in total. The first kappa shape index (κ1) is 23.1. The van der Waals surface area contributed by atoms with Crippen LogP contribution in [0.2, 0.25) is 0 Å². The van der Waals surface area contributed by atoms with Crippen LogP contribution in [0.5, 0.6) is 0 Å². The van der Waals surface area contributed by atoms with Gasteiger partial charge in [0.1, 0.15) is 6.10 Å². The number of benzene rings is 1. The molecule has 1 aromatic carbocycles. The lowest BCUT2D eigenvalue weighted by Gasteiger charge is -2.21. The van der Waals surface area contributed by atoms with Gasteiger partial charge in [-0.15, -0.1) is 0 Å². The third-order valence-electron chi connectivity index (χ3n) is 6.59. The van der Waals surface area contributed by atoms with Crippen molar-refractivity contribution < 1.29 is 9.53 Å². The SMILES string of the molecule is Cc1cc2nc3c(=O)[nH]c(=O)nc-3n(CCCCCCC(=O)OC3CCCCC3)c2cc1C. The third kappa shape index (κ3) is 5.49. The first-order chi connectivity index (χ1) is 15.9. The average Bonchev–Trinajstić information content (AvgIpc) is 2.78. The molecule has 0 spiro atoms. The third-order valence-corrected chi connectivity index (χ3v) is 6.59. The average molecular weight is 453 g/mol. The van der Waals surface area contributed by atoms with Crippen LogP contribution in [0, 0.1) is 13.8 Å². The fourth-order valence-electron chi connectivity index (χ4n) is 4.60. The molecule has 0 radical (unpaired) electrons. The minimum Gasteiger partial charge on any atom is -0.462 e. The molecule has 0 aromatic heterocycles. The Kier molecular flexibility index (Phi) is 7.20. The lowest BCUT2D eigenvalue weighted by Crippen LogP contribution is -2.29. The zero-order chi connectivity index (χ0) is 23.4. The standard InChI is InChI=1S/C25H32N4O4/c1-16-14-19-20(15-17(16)2)29(23-22(26-19)24(31)28-25(32)27-23)13-9-4-3-8-12-21(30)33-18-10-6-5-7-11-18/h14-15,18H,3-13H2,1-2H3,(H,28,31,32). The van der Waals surface area contributed by atoms with Gasteiger partial charge in [0.25, 0.3) is 5.56 Å². The maximum Gasteiger partial charge on any atom is 0.349 e. The van der Waals surface area contributed by atoms with Crippen LogP contribution in [0.1, 0.15) is 75.3 Å². The predicted octanol–water partition coefficient (Wildman–Crippen LogP) is 4.03. The highest BCUT2D eigenvalue weighted by atomic mass is 16.5. The van der Waals surface area contributed by atoms with E-state index in [1.165, 1.54) is 6.42 Å². The zero-order valence-corrected chi connectivity index (χ0v) is 19.5. The van der Waals surface area contributed by atoms with Gasteiger partial charge >= 0.3 is 11.7 Å². The molecule has 8 nitrogen and oxygen atoms in total. The van der Waals surface area contributed by atoms with Crippen LogP contribution in [0.3, 0.4) is 0 Å². The van der Waals surface area contributed by atoms with E-state index in [-0.39, 0.29) is 17.8 Å². The number of nitrogens with one attached hydrogen (secondary N) is 1. The van der Waals surface area contributed by atoms with Crippen LogP contribution in [0.25, 0.3) is 22.6 Å². The van der Waals surface area contributed by atoms with E-state index in [4.69, 9.17) is 4.74 Å². The van der Waals surface area contributed by atoms with E-state index in [1.54, 1.807) is 0 Å². The van der Waals surface area contributed by atoms with E-state index in [0.717, 1.165) is 68.0 Å². The molecule has 0 unspecified atom stereocenters. The zero-order valence-electron chi connectivity index (χ0n) is 19.5. The monoisotopic (exact) mass is 452 g/mol. The Morgan fingerprint density at radius 3 is 2.55 bits per heavy atom. The summed E-state index contributed by atoms with van der Waals surface area (Å²) in [5, 5.41) is 0. The minimum atomic E-state index is -0.664. The van der Waals surface area contributed by atoms with E-state index in [2.05, 4.69) is 15.0 Å². The predicted molar refractivity (Wildman–Crippen MR) is 127 cm³/mol. The van der Waals surface area contributed by atoms with Crippen molar-refractivity contribution in [3.63, 3.8) is 0 Å². The van der Waals surface area contributed by atoms with E-state index < -0.39 is 11.2 Å². The summed E-state index contributed by atoms with van der Waals surface area (Å²) >= 11 is 0. The fraction of sp³-hybridized carbons (Fsp3) is 0.560. The highest BCUT2D eigenvalue weighted by Gasteiger charge is 2.19. The summed E-state index contributed by atoms with van der Waals surface area (Å²) in [6.45, 7) is 4.65. The van der Waals surface area contributed by atoms with Gasteiger partial charge in [-0.3, -0.25) is 14.6 Å². The van der Waals surface area contributed by atoms with Crippen molar-refractivity contribution in [2.24, 2.45) is 0 Å². The maximum absolute atomic E-state index is 12.4. The van der Waals surface area contributed by atoms with Crippen LogP contribution >= 0.6 is 0 Å². The molecule has 0 atom stereocenters. The highest BCUT2D eigenvalue weighted by Crippen LogP contribution is 2.25. The van der Waals surface area contributed by atoms with Gasteiger partial charge in [-0.2, -0.15) is 4.98 Å². The highest BCUT2D eigenvalue weighted by molar-refractivity contribution is 5.81. The van der Waals surface area contributed by atoms with E-state index in [9.17, 15) is 14.4 Å². The van der Waals surface area contributed by atoms with Gasteiger partial charge < -0.3 is 9.30 Å². The molecule has 0 bridgehead atoms. The van der Waals surface area contributed by atoms with Crippen molar-refractivity contribution in [3.8, 4) is 11.5 Å². The van der Waals surface area contributed by atoms with Crippen LogP contribution in [0.15, 0.2) is 21.7 Å². The van der Waals surface area contributed by atoms with Crippen LogP contribution in [-0.4, -0.2) is 31.6 Å². The van der Waals surface area contributed by atoms with E-state index in [1.807, 2.05) is 30.5 Å².